The Bertz CT molecular complexity index is 797. The third-order valence-corrected chi connectivity index (χ3v) is 4.37. The molecule has 1 N–H and O–H groups in total. The molecular weight excluding hydrogens is 350 g/mol. The van der Waals surface area contributed by atoms with Crippen molar-refractivity contribution in [1.29, 1.82) is 0 Å². The number of rotatable bonds is 6. The molecule has 144 valence electrons. The number of fused-ring (bicyclic) bond motifs is 1. The molecule has 1 aliphatic rings. The van der Waals surface area contributed by atoms with E-state index in [0.29, 0.717) is 40.9 Å². The lowest BCUT2D eigenvalue weighted by Crippen LogP contribution is -2.48. The summed E-state index contributed by atoms with van der Waals surface area (Å²) in [5, 5.41) is 2.94. The van der Waals surface area contributed by atoms with Crippen molar-refractivity contribution >= 4 is 5.91 Å². The van der Waals surface area contributed by atoms with Crippen molar-refractivity contribution in [3.8, 4) is 28.7 Å². The van der Waals surface area contributed by atoms with Gasteiger partial charge < -0.3 is 29.0 Å². The van der Waals surface area contributed by atoms with Crippen LogP contribution < -0.4 is 29.0 Å². The standard InChI is InChI=1S/C20H23NO6/c1-12(18-11-26-14-7-5-6-8-15(14)27-18)21-20(22)13-9-16(23-2)19(25-4)17(10-13)24-3/h5-10,12,18H,11H2,1-4H3,(H,21,22)/t12-,18-/m0/s1. The number of hydrogen-bond donors (Lipinski definition) is 1. The van der Waals surface area contributed by atoms with Gasteiger partial charge in [0.05, 0.1) is 27.4 Å². The van der Waals surface area contributed by atoms with Crippen LogP contribution in [-0.4, -0.2) is 46.0 Å². The molecule has 0 saturated heterocycles. The highest BCUT2D eigenvalue weighted by molar-refractivity contribution is 5.95. The molecule has 1 amide bonds. The lowest BCUT2D eigenvalue weighted by molar-refractivity contribution is 0.0606. The number of benzene rings is 2. The van der Waals surface area contributed by atoms with Gasteiger partial charge in [-0.25, -0.2) is 0 Å². The van der Waals surface area contributed by atoms with Crippen LogP contribution in [0.1, 0.15) is 17.3 Å². The molecule has 7 nitrogen and oxygen atoms in total. The molecule has 2 aromatic rings. The highest BCUT2D eigenvalue weighted by atomic mass is 16.6. The second-order valence-corrected chi connectivity index (χ2v) is 6.09. The highest BCUT2D eigenvalue weighted by Gasteiger charge is 2.28. The van der Waals surface area contributed by atoms with Gasteiger partial charge >= 0.3 is 0 Å². The van der Waals surface area contributed by atoms with Gasteiger partial charge in [-0.3, -0.25) is 4.79 Å². The van der Waals surface area contributed by atoms with Crippen molar-refractivity contribution < 1.29 is 28.5 Å². The number of ether oxygens (including phenoxy) is 5. The van der Waals surface area contributed by atoms with Gasteiger partial charge in [0.15, 0.2) is 29.1 Å². The summed E-state index contributed by atoms with van der Waals surface area (Å²) in [5.74, 6) is 2.37. The van der Waals surface area contributed by atoms with Crippen molar-refractivity contribution in [2.24, 2.45) is 0 Å². The number of amides is 1. The Balaban J connectivity index is 1.73. The fourth-order valence-electron chi connectivity index (χ4n) is 2.88. The number of carbonyl (C=O) groups excluding carboxylic acids is 1. The van der Waals surface area contributed by atoms with Gasteiger partial charge in [0.1, 0.15) is 6.61 Å². The third-order valence-electron chi connectivity index (χ3n) is 4.37. The zero-order valence-electron chi connectivity index (χ0n) is 15.8. The molecule has 2 atom stereocenters. The van der Waals surface area contributed by atoms with Crippen LogP contribution >= 0.6 is 0 Å². The SMILES string of the molecule is COc1cc(C(=O)N[C@@H](C)[C@@H]2COc3ccccc3O2)cc(OC)c1OC. The van der Waals surface area contributed by atoms with Crippen molar-refractivity contribution in [3.63, 3.8) is 0 Å². The summed E-state index contributed by atoms with van der Waals surface area (Å²) >= 11 is 0. The summed E-state index contributed by atoms with van der Waals surface area (Å²) in [5.41, 5.74) is 0.397. The number of para-hydroxylation sites is 2. The first-order valence-electron chi connectivity index (χ1n) is 8.56. The molecule has 0 aromatic heterocycles. The van der Waals surface area contributed by atoms with E-state index in [0.717, 1.165) is 0 Å². The number of nitrogens with one attached hydrogen (secondary N) is 1. The minimum Gasteiger partial charge on any atom is -0.493 e. The molecule has 0 unspecified atom stereocenters. The van der Waals surface area contributed by atoms with Crippen molar-refractivity contribution in [2.45, 2.75) is 19.1 Å². The second-order valence-electron chi connectivity index (χ2n) is 6.09. The zero-order chi connectivity index (χ0) is 19.4. The Labute approximate surface area is 158 Å². The van der Waals surface area contributed by atoms with E-state index >= 15 is 0 Å². The summed E-state index contributed by atoms with van der Waals surface area (Å²) in [7, 11) is 4.53. The Kier molecular flexibility index (Phi) is 5.59. The molecule has 0 saturated carbocycles. The largest absolute Gasteiger partial charge is 0.493 e. The van der Waals surface area contributed by atoms with Gasteiger partial charge in [-0.15, -0.1) is 0 Å². The summed E-state index contributed by atoms with van der Waals surface area (Å²) < 4.78 is 27.5. The maximum atomic E-state index is 12.7. The predicted octanol–water partition coefficient (Wildman–Crippen LogP) is 2.67. The second kappa shape index (κ2) is 8.07. The van der Waals surface area contributed by atoms with Crippen LogP contribution in [0.25, 0.3) is 0 Å². The van der Waals surface area contributed by atoms with E-state index < -0.39 is 0 Å². The molecule has 0 fully saturated rings. The fraction of sp³-hybridized carbons (Fsp3) is 0.350. The molecule has 0 spiro atoms. The van der Waals surface area contributed by atoms with Crippen LogP contribution in [0.4, 0.5) is 0 Å². The summed E-state index contributed by atoms with van der Waals surface area (Å²) in [6.07, 6.45) is -0.300. The topological polar surface area (TPSA) is 75.3 Å². The predicted molar refractivity (Wildman–Crippen MR) is 99.4 cm³/mol. The number of methoxy groups -OCH3 is 3. The van der Waals surface area contributed by atoms with Gasteiger partial charge in [-0.2, -0.15) is 0 Å². The van der Waals surface area contributed by atoms with Crippen molar-refractivity contribution in [2.75, 3.05) is 27.9 Å². The van der Waals surface area contributed by atoms with Gasteiger partial charge in [0.25, 0.3) is 5.91 Å². The first-order chi connectivity index (χ1) is 13.1. The summed E-state index contributed by atoms with van der Waals surface area (Å²) in [6, 6.07) is 10.4. The Morgan fingerprint density at radius 2 is 1.70 bits per heavy atom. The Morgan fingerprint density at radius 3 is 2.30 bits per heavy atom. The quantitative estimate of drug-likeness (QED) is 0.839. The summed E-state index contributed by atoms with van der Waals surface area (Å²) in [4.78, 5) is 12.7. The monoisotopic (exact) mass is 373 g/mol. The van der Waals surface area contributed by atoms with Gasteiger partial charge in [-0.05, 0) is 31.2 Å². The lowest BCUT2D eigenvalue weighted by atomic mass is 10.1. The molecule has 3 rings (SSSR count). The highest BCUT2D eigenvalue weighted by Crippen LogP contribution is 2.38. The molecule has 2 aromatic carbocycles. The van der Waals surface area contributed by atoms with E-state index in [1.54, 1.807) is 12.1 Å². The number of hydrogen-bond acceptors (Lipinski definition) is 6. The molecule has 1 heterocycles. The van der Waals surface area contributed by atoms with Crippen LogP contribution in [0.3, 0.4) is 0 Å². The van der Waals surface area contributed by atoms with Gasteiger partial charge in [0, 0.05) is 5.56 Å². The van der Waals surface area contributed by atoms with Crippen LogP contribution in [0.2, 0.25) is 0 Å². The van der Waals surface area contributed by atoms with Crippen LogP contribution in [0, 0.1) is 0 Å². The maximum absolute atomic E-state index is 12.7. The molecular formula is C20H23NO6. The maximum Gasteiger partial charge on any atom is 0.251 e. The smallest absolute Gasteiger partial charge is 0.251 e. The van der Waals surface area contributed by atoms with Crippen LogP contribution in [0.5, 0.6) is 28.7 Å². The van der Waals surface area contributed by atoms with Crippen LogP contribution in [-0.2, 0) is 0 Å². The first-order valence-corrected chi connectivity index (χ1v) is 8.56. The molecule has 0 bridgehead atoms. The van der Waals surface area contributed by atoms with E-state index in [1.807, 2.05) is 31.2 Å². The minimum atomic E-state index is -0.300. The fourth-order valence-corrected chi connectivity index (χ4v) is 2.88. The van der Waals surface area contributed by atoms with E-state index in [1.165, 1.54) is 21.3 Å². The molecule has 1 aliphatic heterocycles. The average molecular weight is 373 g/mol. The van der Waals surface area contributed by atoms with Gasteiger partial charge in [0.2, 0.25) is 5.75 Å². The van der Waals surface area contributed by atoms with Crippen LogP contribution in [0.15, 0.2) is 36.4 Å². The van der Waals surface area contributed by atoms with Gasteiger partial charge in [-0.1, -0.05) is 12.1 Å². The Morgan fingerprint density at radius 1 is 1.07 bits per heavy atom. The normalized spacial score (nSPS) is 16.2. The molecule has 0 aliphatic carbocycles. The van der Waals surface area contributed by atoms with E-state index in [4.69, 9.17) is 23.7 Å². The van der Waals surface area contributed by atoms with E-state index in [2.05, 4.69) is 5.32 Å². The minimum absolute atomic E-state index is 0.273. The molecule has 27 heavy (non-hydrogen) atoms. The average Bonchev–Trinajstić information content (AvgIpc) is 2.71. The van der Waals surface area contributed by atoms with Crippen molar-refractivity contribution in [1.82, 2.24) is 5.32 Å². The van der Waals surface area contributed by atoms with Crippen molar-refractivity contribution in [3.05, 3.63) is 42.0 Å². The molecule has 0 radical (unpaired) electrons. The third kappa shape index (κ3) is 3.86. The Hall–Kier alpha value is -3.09. The van der Waals surface area contributed by atoms with E-state index in [9.17, 15) is 4.79 Å². The summed E-state index contributed by atoms with van der Waals surface area (Å²) in [6.45, 7) is 2.23. The number of carbonyl (C=O) groups is 1. The zero-order valence-corrected chi connectivity index (χ0v) is 15.8. The first kappa shape index (κ1) is 18.7. The molecule has 7 heteroatoms. The lowest BCUT2D eigenvalue weighted by Gasteiger charge is -2.30. The van der Waals surface area contributed by atoms with E-state index in [-0.39, 0.29) is 18.1 Å².